The number of nitrogens with one attached hydrogen (secondary N) is 1. The van der Waals surface area contributed by atoms with Crippen molar-refractivity contribution in [3.8, 4) is 0 Å². The first kappa shape index (κ1) is 34.8. The van der Waals surface area contributed by atoms with Crippen LogP contribution >= 0.6 is 27.5 Å². The van der Waals surface area contributed by atoms with Crippen LogP contribution in [-0.4, -0.2) is 82.6 Å². The van der Waals surface area contributed by atoms with E-state index in [-0.39, 0.29) is 55.8 Å². The number of amides is 3. The minimum Gasteiger partial charge on any atom is -0.463 e. The van der Waals surface area contributed by atoms with E-state index in [1.54, 1.807) is 36.4 Å². The van der Waals surface area contributed by atoms with Gasteiger partial charge in [0.25, 0.3) is 5.91 Å². The van der Waals surface area contributed by atoms with Gasteiger partial charge in [0.15, 0.2) is 0 Å². The summed E-state index contributed by atoms with van der Waals surface area (Å²) in [6.45, 7) is 7.44. The molecule has 12 heteroatoms. The molecule has 0 aliphatic carbocycles. The Labute approximate surface area is 287 Å². The summed E-state index contributed by atoms with van der Waals surface area (Å²) in [6, 6.07) is 14.2. The molecule has 1 spiro atoms. The Morgan fingerprint density at radius 1 is 1.17 bits per heavy atom. The summed E-state index contributed by atoms with van der Waals surface area (Å²) in [4.78, 5) is 58.2. The predicted octanol–water partition coefficient (Wildman–Crippen LogP) is 4.36. The lowest BCUT2D eigenvalue weighted by molar-refractivity contribution is -0.145. The number of aliphatic hydroxyl groups excluding tert-OH is 1. The highest BCUT2D eigenvalue weighted by Gasteiger charge is 2.76. The van der Waals surface area contributed by atoms with Crippen molar-refractivity contribution in [3.63, 3.8) is 0 Å². The van der Waals surface area contributed by atoms with Crippen LogP contribution in [0, 0.1) is 11.8 Å². The second-order valence-electron chi connectivity index (χ2n) is 12.0. The molecule has 2 aromatic rings. The average molecular weight is 729 g/mol. The molecule has 1 unspecified atom stereocenters. The first-order chi connectivity index (χ1) is 22.7. The Kier molecular flexibility index (Phi) is 11.2. The minimum atomic E-state index is -1.30. The van der Waals surface area contributed by atoms with Crippen LogP contribution in [-0.2, 0) is 28.7 Å². The van der Waals surface area contributed by atoms with Gasteiger partial charge in [-0.2, -0.15) is 0 Å². The Morgan fingerprint density at radius 2 is 1.89 bits per heavy atom. The maximum Gasteiger partial charge on any atom is 0.306 e. The van der Waals surface area contributed by atoms with Crippen molar-refractivity contribution in [1.29, 1.82) is 0 Å². The lowest BCUT2D eigenvalue weighted by Crippen LogP contribution is -2.57. The number of fused-ring (bicyclic) bond motifs is 1. The summed E-state index contributed by atoms with van der Waals surface area (Å²) >= 11 is 9.83. The van der Waals surface area contributed by atoms with Gasteiger partial charge >= 0.3 is 5.97 Å². The van der Waals surface area contributed by atoms with Crippen LogP contribution in [0.4, 0.5) is 5.69 Å². The second kappa shape index (κ2) is 15.1. The van der Waals surface area contributed by atoms with E-state index in [4.69, 9.17) is 21.1 Å². The van der Waals surface area contributed by atoms with Crippen LogP contribution in [0.3, 0.4) is 0 Å². The zero-order chi connectivity index (χ0) is 33.7. The third-order valence-corrected chi connectivity index (χ3v) is 10.2. The fourth-order valence-corrected chi connectivity index (χ4v) is 8.12. The van der Waals surface area contributed by atoms with Crippen molar-refractivity contribution in [3.05, 3.63) is 90.5 Å². The van der Waals surface area contributed by atoms with Gasteiger partial charge in [0, 0.05) is 41.7 Å². The number of carbonyl (C=O) groups excluding carboxylic acids is 4. The number of esters is 1. The van der Waals surface area contributed by atoms with E-state index in [0.29, 0.717) is 23.6 Å². The number of ether oxygens (including phenoxy) is 2. The molecule has 3 fully saturated rings. The van der Waals surface area contributed by atoms with E-state index < -0.39 is 47.5 Å². The van der Waals surface area contributed by atoms with Crippen LogP contribution in [0.15, 0.2) is 79.9 Å². The number of hydrogen-bond donors (Lipinski definition) is 2. The van der Waals surface area contributed by atoms with Crippen LogP contribution in [0.1, 0.15) is 37.3 Å². The van der Waals surface area contributed by atoms with Crippen molar-refractivity contribution in [1.82, 2.24) is 10.2 Å². The normalized spacial score (nSPS) is 26.4. The molecular formula is C35H39BrClN3O7. The molecule has 3 heterocycles. The van der Waals surface area contributed by atoms with Gasteiger partial charge in [-0.25, -0.2) is 0 Å². The van der Waals surface area contributed by atoms with Crippen molar-refractivity contribution >= 4 is 56.9 Å². The van der Waals surface area contributed by atoms with E-state index in [0.717, 1.165) is 5.56 Å². The number of nitrogens with zero attached hydrogens (tertiary/aromatic N) is 2. The van der Waals surface area contributed by atoms with Crippen LogP contribution in [0.5, 0.6) is 0 Å². The zero-order valence-electron chi connectivity index (χ0n) is 25.9. The van der Waals surface area contributed by atoms with Gasteiger partial charge in [-0.3, -0.25) is 19.2 Å². The van der Waals surface area contributed by atoms with E-state index >= 15 is 0 Å². The van der Waals surface area contributed by atoms with Gasteiger partial charge in [-0.1, -0.05) is 70.0 Å². The highest BCUT2D eigenvalue weighted by atomic mass is 79.9. The van der Waals surface area contributed by atoms with E-state index in [1.807, 2.05) is 30.3 Å². The van der Waals surface area contributed by atoms with Crippen LogP contribution in [0.25, 0.3) is 0 Å². The first-order valence-electron chi connectivity index (χ1n) is 15.7. The molecule has 0 saturated carbocycles. The smallest absolute Gasteiger partial charge is 0.306 e. The van der Waals surface area contributed by atoms with Gasteiger partial charge in [0.05, 0.1) is 24.0 Å². The molecule has 0 aromatic heterocycles. The summed E-state index contributed by atoms with van der Waals surface area (Å²) < 4.78 is 12.2. The van der Waals surface area contributed by atoms with Gasteiger partial charge in [-0.15, -0.1) is 13.2 Å². The van der Waals surface area contributed by atoms with Gasteiger partial charge < -0.3 is 29.7 Å². The molecule has 3 aliphatic rings. The van der Waals surface area contributed by atoms with Crippen LogP contribution < -0.4 is 10.2 Å². The monoisotopic (exact) mass is 727 g/mol. The largest absolute Gasteiger partial charge is 0.463 e. The highest BCUT2D eigenvalue weighted by Crippen LogP contribution is 2.60. The topological polar surface area (TPSA) is 125 Å². The third kappa shape index (κ3) is 6.90. The molecule has 2 bridgehead atoms. The maximum atomic E-state index is 14.6. The van der Waals surface area contributed by atoms with Crippen molar-refractivity contribution < 1.29 is 33.8 Å². The number of carbonyl (C=O) groups is 4. The molecule has 2 N–H and O–H groups in total. The van der Waals surface area contributed by atoms with E-state index in [9.17, 15) is 24.3 Å². The fourth-order valence-electron chi connectivity index (χ4n) is 7.05. The number of likely N-dealkylation sites (tertiary alicyclic amines) is 1. The van der Waals surface area contributed by atoms with Gasteiger partial charge in [0.1, 0.15) is 18.2 Å². The Morgan fingerprint density at radius 3 is 2.55 bits per heavy atom. The summed E-state index contributed by atoms with van der Waals surface area (Å²) in [5.41, 5.74) is -0.000340. The quantitative estimate of drug-likeness (QED) is 0.159. The molecule has 3 saturated heterocycles. The third-order valence-electron chi connectivity index (χ3n) is 9.08. The standard InChI is InChI=1S/C35H39BrClN3O7/c1-3-5-12-27(42)46-21-26(22-10-7-6-8-11-22)38-32(43)28-29-33(44)40(18-9-19-41)31(35(29)20-25(36)30(28)47-35)34(45)39(17-4-2)24-15-13-23(37)14-16-24/h3-4,6-8,10-11,13-16,25-26,28-31,41H,1-2,5,9,12,17-21H2,(H,38,43)/t25?,26-,28-,29+,30-,31-,35+/m0/s1. The number of allylic oxidation sites excluding steroid dienone is 1. The minimum absolute atomic E-state index is 0.104. The molecule has 5 rings (SSSR count). The number of benzene rings is 2. The number of aliphatic hydroxyl groups is 1. The van der Waals surface area contributed by atoms with E-state index in [2.05, 4.69) is 34.4 Å². The number of anilines is 1. The van der Waals surface area contributed by atoms with Gasteiger partial charge in [-0.05, 0) is 49.1 Å². The average Bonchev–Trinajstić information content (AvgIpc) is 3.67. The molecule has 3 amide bonds. The molecular weight excluding hydrogens is 690 g/mol. The Balaban J connectivity index is 1.47. The molecule has 0 radical (unpaired) electrons. The summed E-state index contributed by atoms with van der Waals surface area (Å²) in [6.07, 6.45) is 3.75. The second-order valence-corrected chi connectivity index (χ2v) is 13.6. The molecule has 3 aliphatic heterocycles. The van der Waals surface area contributed by atoms with E-state index in [1.165, 1.54) is 9.80 Å². The predicted molar refractivity (Wildman–Crippen MR) is 181 cm³/mol. The van der Waals surface area contributed by atoms with Crippen molar-refractivity contribution in [2.75, 3.05) is 31.2 Å². The lowest BCUT2D eigenvalue weighted by atomic mass is 9.70. The first-order valence-corrected chi connectivity index (χ1v) is 17.0. The summed E-state index contributed by atoms with van der Waals surface area (Å²) in [7, 11) is 0. The molecule has 47 heavy (non-hydrogen) atoms. The molecule has 250 valence electrons. The Hall–Kier alpha value is -3.51. The van der Waals surface area contributed by atoms with Gasteiger partial charge in [0.2, 0.25) is 11.8 Å². The number of halogens is 2. The SMILES string of the molecule is C=CCCC(=O)OC[C@H](NC(=O)[C@@H]1[C@H]2O[C@@]3(CC2Br)[C@H](C(=O)N(CC=C)c2ccc(Cl)cc2)N(CCCO)C(=O)[C@@H]13)c1ccccc1. The summed E-state index contributed by atoms with van der Waals surface area (Å²) in [5.74, 6) is -3.49. The molecule has 7 atom stereocenters. The van der Waals surface area contributed by atoms with Crippen LogP contribution in [0.2, 0.25) is 5.02 Å². The highest BCUT2D eigenvalue weighted by molar-refractivity contribution is 9.09. The molecule has 10 nitrogen and oxygen atoms in total. The molecule has 2 aromatic carbocycles. The maximum absolute atomic E-state index is 14.6. The number of rotatable bonds is 15. The lowest BCUT2D eigenvalue weighted by Gasteiger charge is -2.37. The van der Waals surface area contributed by atoms with Crippen molar-refractivity contribution in [2.45, 2.75) is 54.3 Å². The summed E-state index contributed by atoms with van der Waals surface area (Å²) in [5, 5.41) is 13.2. The number of alkyl halides is 1. The number of hydrogen-bond acceptors (Lipinski definition) is 7. The van der Waals surface area contributed by atoms with Crippen molar-refractivity contribution in [2.24, 2.45) is 11.8 Å². The zero-order valence-corrected chi connectivity index (χ0v) is 28.3. The fraction of sp³-hybridized carbons (Fsp3) is 0.429. The Bertz CT molecular complexity index is 1490.